The van der Waals surface area contributed by atoms with Gasteiger partial charge in [0.2, 0.25) is 11.8 Å². The summed E-state index contributed by atoms with van der Waals surface area (Å²) in [5.41, 5.74) is 14.3. The lowest BCUT2D eigenvalue weighted by atomic mass is 9.88. The minimum Gasteiger partial charge on any atom is -0.397 e. The molecule has 2 aliphatic rings. The normalized spacial score (nSPS) is 20.1. The van der Waals surface area contributed by atoms with E-state index >= 15 is 0 Å². The molecule has 1 aromatic rings. The highest BCUT2D eigenvalue weighted by Gasteiger charge is 2.32. The van der Waals surface area contributed by atoms with E-state index < -0.39 is 11.5 Å². The lowest BCUT2D eigenvalue weighted by Gasteiger charge is -2.30. The SMILES string of the molecule is COC1(CCCCCC(=O)Nc2ccccc2N)C=CC2=C(C(N)=O)CNC2=C1. The van der Waals surface area contributed by atoms with E-state index in [1.807, 2.05) is 30.4 Å². The Balaban J connectivity index is 1.46. The van der Waals surface area contributed by atoms with Gasteiger partial charge in [0.05, 0.1) is 11.4 Å². The van der Waals surface area contributed by atoms with E-state index in [2.05, 4.69) is 10.6 Å². The fourth-order valence-electron chi connectivity index (χ4n) is 3.66. The molecular weight excluding hydrogens is 368 g/mol. The Hall–Kier alpha value is -3.06. The van der Waals surface area contributed by atoms with Gasteiger partial charge in [-0.25, -0.2) is 0 Å². The number of hydrogen-bond acceptors (Lipinski definition) is 5. The summed E-state index contributed by atoms with van der Waals surface area (Å²) < 4.78 is 5.77. The first-order valence-electron chi connectivity index (χ1n) is 9.83. The third-order valence-corrected chi connectivity index (χ3v) is 5.38. The summed E-state index contributed by atoms with van der Waals surface area (Å²) in [7, 11) is 1.68. The number of benzene rings is 1. The Morgan fingerprint density at radius 2 is 2.03 bits per heavy atom. The lowest BCUT2D eigenvalue weighted by Crippen LogP contribution is -2.30. The summed E-state index contributed by atoms with van der Waals surface area (Å²) in [5.74, 6) is -0.436. The van der Waals surface area contributed by atoms with Crippen LogP contribution in [0.25, 0.3) is 0 Å². The molecule has 0 saturated heterocycles. The van der Waals surface area contributed by atoms with Gasteiger partial charge in [0.25, 0.3) is 0 Å². The van der Waals surface area contributed by atoms with Crippen LogP contribution >= 0.6 is 0 Å². The number of anilines is 2. The van der Waals surface area contributed by atoms with Crippen molar-refractivity contribution in [3.05, 3.63) is 59.3 Å². The van der Waals surface area contributed by atoms with Crippen molar-refractivity contribution in [2.75, 3.05) is 24.7 Å². The molecular formula is C22H28N4O3. The number of hydrogen-bond donors (Lipinski definition) is 4. The number of carbonyl (C=O) groups is 2. The number of fused-ring (bicyclic) bond motifs is 1. The van der Waals surface area contributed by atoms with E-state index in [0.717, 1.165) is 37.0 Å². The van der Waals surface area contributed by atoms with Crippen LogP contribution in [-0.4, -0.2) is 31.1 Å². The summed E-state index contributed by atoms with van der Waals surface area (Å²) in [4.78, 5) is 23.6. The van der Waals surface area contributed by atoms with Gasteiger partial charge in [0, 0.05) is 36.9 Å². The first kappa shape index (κ1) is 20.7. The van der Waals surface area contributed by atoms with Crippen molar-refractivity contribution < 1.29 is 14.3 Å². The Kier molecular flexibility index (Phi) is 6.39. The van der Waals surface area contributed by atoms with Crippen LogP contribution < -0.4 is 22.1 Å². The first-order valence-corrected chi connectivity index (χ1v) is 9.83. The average Bonchev–Trinajstić information content (AvgIpc) is 3.12. The smallest absolute Gasteiger partial charge is 0.247 e. The Bertz CT molecular complexity index is 888. The molecule has 3 rings (SSSR count). The third kappa shape index (κ3) is 4.86. The van der Waals surface area contributed by atoms with E-state index in [0.29, 0.717) is 29.9 Å². The van der Waals surface area contributed by atoms with Crippen LogP contribution in [0.4, 0.5) is 11.4 Å². The van der Waals surface area contributed by atoms with Crippen LogP contribution in [0, 0.1) is 0 Å². The van der Waals surface area contributed by atoms with Crippen molar-refractivity contribution in [2.24, 2.45) is 5.73 Å². The second kappa shape index (κ2) is 8.96. The number of ether oxygens (including phenoxy) is 1. The number of rotatable bonds is 9. The van der Waals surface area contributed by atoms with Gasteiger partial charge in [0.15, 0.2) is 0 Å². The van der Waals surface area contributed by atoms with Crippen LogP contribution in [-0.2, 0) is 14.3 Å². The number of para-hydroxylation sites is 2. The second-order valence-corrected chi connectivity index (χ2v) is 7.36. The van der Waals surface area contributed by atoms with Crippen molar-refractivity contribution in [2.45, 2.75) is 37.7 Å². The molecule has 1 aliphatic heterocycles. The van der Waals surface area contributed by atoms with Crippen LogP contribution in [0.1, 0.15) is 32.1 Å². The van der Waals surface area contributed by atoms with Crippen molar-refractivity contribution >= 4 is 23.2 Å². The maximum absolute atomic E-state index is 12.1. The van der Waals surface area contributed by atoms with Gasteiger partial charge < -0.3 is 26.8 Å². The second-order valence-electron chi connectivity index (χ2n) is 7.36. The molecule has 2 amide bonds. The fraction of sp³-hybridized carbons (Fsp3) is 0.364. The number of unbranched alkanes of at least 4 members (excludes halogenated alkanes) is 2. The Morgan fingerprint density at radius 3 is 2.76 bits per heavy atom. The number of allylic oxidation sites excluding steroid dienone is 1. The average molecular weight is 396 g/mol. The standard InChI is InChI=1S/C22H28N4O3/c1-29-22(12-10-15-16(21(24)28)14-25-19(15)13-22)11-6-2-3-9-20(27)26-18-8-5-4-7-17(18)23/h4-5,7-8,10,12-13,25H,2-3,6,9,11,14,23H2,1H3,(H2,24,28)(H,26,27). The van der Waals surface area contributed by atoms with E-state index in [4.69, 9.17) is 16.2 Å². The van der Waals surface area contributed by atoms with Gasteiger partial charge in [0.1, 0.15) is 5.60 Å². The summed E-state index contributed by atoms with van der Waals surface area (Å²) in [6, 6.07) is 7.23. The molecule has 154 valence electrons. The molecule has 7 heteroatoms. The molecule has 7 nitrogen and oxygen atoms in total. The molecule has 0 bridgehead atoms. The number of methoxy groups -OCH3 is 1. The minimum atomic E-state index is -0.514. The predicted molar refractivity (Wildman–Crippen MR) is 114 cm³/mol. The molecule has 1 aliphatic carbocycles. The number of nitrogens with one attached hydrogen (secondary N) is 2. The summed E-state index contributed by atoms with van der Waals surface area (Å²) >= 11 is 0. The van der Waals surface area contributed by atoms with Crippen molar-refractivity contribution in [1.29, 1.82) is 0 Å². The topological polar surface area (TPSA) is 119 Å². The Labute approximate surface area is 170 Å². The Morgan fingerprint density at radius 1 is 1.24 bits per heavy atom. The zero-order chi connectivity index (χ0) is 20.9. The van der Waals surface area contributed by atoms with Crippen molar-refractivity contribution in [3.8, 4) is 0 Å². The highest BCUT2D eigenvalue weighted by atomic mass is 16.5. The highest BCUT2D eigenvalue weighted by Crippen LogP contribution is 2.34. The van der Waals surface area contributed by atoms with Crippen molar-refractivity contribution in [3.63, 3.8) is 0 Å². The third-order valence-electron chi connectivity index (χ3n) is 5.38. The van der Waals surface area contributed by atoms with Gasteiger partial charge in [-0.2, -0.15) is 0 Å². The van der Waals surface area contributed by atoms with Gasteiger partial charge in [-0.05, 0) is 43.5 Å². The molecule has 1 aromatic carbocycles. The van der Waals surface area contributed by atoms with E-state index in [9.17, 15) is 9.59 Å². The van der Waals surface area contributed by atoms with Gasteiger partial charge >= 0.3 is 0 Å². The summed E-state index contributed by atoms with van der Waals surface area (Å²) in [5, 5.41) is 6.06. The zero-order valence-corrected chi connectivity index (χ0v) is 16.7. The van der Waals surface area contributed by atoms with Crippen molar-refractivity contribution in [1.82, 2.24) is 5.32 Å². The maximum Gasteiger partial charge on any atom is 0.247 e. The predicted octanol–water partition coefficient (Wildman–Crippen LogP) is 2.38. The molecule has 1 unspecified atom stereocenters. The van der Waals surface area contributed by atoms with E-state index in [1.54, 1.807) is 19.2 Å². The van der Waals surface area contributed by atoms with Gasteiger partial charge in [-0.3, -0.25) is 9.59 Å². The maximum atomic E-state index is 12.1. The van der Waals surface area contributed by atoms with Crippen LogP contribution in [0.2, 0.25) is 0 Å². The largest absolute Gasteiger partial charge is 0.397 e. The van der Waals surface area contributed by atoms with Crippen LogP contribution in [0.15, 0.2) is 59.3 Å². The number of nitrogens with two attached hydrogens (primary N) is 2. The molecule has 1 atom stereocenters. The molecule has 0 saturated carbocycles. The van der Waals surface area contributed by atoms with Gasteiger partial charge in [-0.15, -0.1) is 0 Å². The highest BCUT2D eigenvalue weighted by molar-refractivity contribution is 5.96. The molecule has 29 heavy (non-hydrogen) atoms. The number of carbonyl (C=O) groups excluding carboxylic acids is 2. The molecule has 6 N–H and O–H groups in total. The molecule has 0 aromatic heterocycles. The van der Waals surface area contributed by atoms with Crippen LogP contribution in [0.3, 0.4) is 0 Å². The number of amides is 2. The molecule has 0 radical (unpaired) electrons. The molecule has 1 heterocycles. The lowest BCUT2D eigenvalue weighted by molar-refractivity contribution is -0.116. The minimum absolute atomic E-state index is 0.0343. The summed E-state index contributed by atoms with van der Waals surface area (Å²) in [6.45, 7) is 0.446. The number of nitrogen functional groups attached to an aromatic ring is 1. The van der Waals surface area contributed by atoms with Crippen LogP contribution in [0.5, 0.6) is 0 Å². The summed E-state index contributed by atoms with van der Waals surface area (Å²) in [6.07, 6.45) is 9.74. The monoisotopic (exact) mass is 396 g/mol. The van der Waals surface area contributed by atoms with Gasteiger partial charge in [-0.1, -0.05) is 24.6 Å². The first-order chi connectivity index (χ1) is 13.9. The zero-order valence-electron chi connectivity index (χ0n) is 16.7. The fourth-order valence-corrected chi connectivity index (χ4v) is 3.66. The number of primary amides is 1. The molecule has 0 fully saturated rings. The van der Waals surface area contributed by atoms with E-state index in [-0.39, 0.29) is 5.91 Å². The van der Waals surface area contributed by atoms with E-state index in [1.165, 1.54) is 0 Å². The molecule has 0 spiro atoms. The quantitative estimate of drug-likeness (QED) is 0.377.